The Kier molecular flexibility index (Phi) is 5.69. The van der Waals surface area contributed by atoms with E-state index in [4.69, 9.17) is 4.84 Å². The van der Waals surface area contributed by atoms with Crippen molar-refractivity contribution in [1.29, 1.82) is 0 Å². The van der Waals surface area contributed by atoms with Crippen molar-refractivity contribution in [2.45, 2.75) is 39.2 Å². The first kappa shape index (κ1) is 16.1. The summed E-state index contributed by atoms with van der Waals surface area (Å²) < 4.78 is 0. The molecule has 0 radical (unpaired) electrons. The zero-order chi connectivity index (χ0) is 13.7. The first-order valence-electron chi connectivity index (χ1n) is 5.66. The van der Waals surface area contributed by atoms with Gasteiger partial charge in [0.05, 0.1) is 0 Å². The Morgan fingerprint density at radius 1 is 1.37 bits per heavy atom. The molecule has 1 fully saturated rings. The van der Waals surface area contributed by atoms with E-state index in [-0.39, 0.29) is 18.8 Å². The van der Waals surface area contributed by atoms with E-state index in [1.54, 1.807) is 0 Å². The van der Waals surface area contributed by atoms with Crippen LogP contribution in [-0.4, -0.2) is 35.3 Å². The summed E-state index contributed by atoms with van der Waals surface area (Å²) in [7, 11) is 0. The van der Waals surface area contributed by atoms with Gasteiger partial charge in [0.25, 0.3) is 11.8 Å². The summed E-state index contributed by atoms with van der Waals surface area (Å²) in [5.74, 6) is -1.80. The van der Waals surface area contributed by atoms with Gasteiger partial charge >= 0.3 is 5.97 Å². The van der Waals surface area contributed by atoms with E-state index in [2.05, 4.69) is 5.32 Å². The van der Waals surface area contributed by atoms with E-state index in [9.17, 15) is 19.2 Å². The van der Waals surface area contributed by atoms with Crippen LogP contribution in [0.3, 0.4) is 0 Å². The molecule has 0 saturated carbocycles. The van der Waals surface area contributed by atoms with E-state index in [0.29, 0.717) is 11.5 Å². The van der Waals surface area contributed by atoms with Gasteiger partial charge in [0.2, 0.25) is 0 Å². The summed E-state index contributed by atoms with van der Waals surface area (Å²) >= 11 is 0. The third-order valence-corrected chi connectivity index (χ3v) is 2.41. The minimum absolute atomic E-state index is 0. The van der Waals surface area contributed by atoms with Crippen LogP contribution < -0.4 is 5.32 Å². The Labute approximate surface area is 104 Å². The molecule has 1 N–H and O–H groups in total. The second-order valence-electron chi connectivity index (χ2n) is 4.42. The molecular formula is C11H15FmN2O5-. The molecule has 19 heavy (non-hydrogen) atoms. The summed E-state index contributed by atoms with van der Waals surface area (Å²) in [6, 6.07) is -0.913. The molecule has 1 atom stereocenters. The maximum atomic E-state index is 11.7. The second-order valence-corrected chi connectivity index (χ2v) is 4.42. The largest absolute Gasteiger partial charge is 0.520 e. The predicted molar refractivity (Wildman–Crippen MR) is 59.3 cm³/mol. The molecule has 0 aliphatic carbocycles. The molecule has 1 aliphatic rings. The van der Waals surface area contributed by atoms with Crippen molar-refractivity contribution in [3.63, 3.8) is 0 Å². The van der Waals surface area contributed by atoms with Crippen molar-refractivity contribution in [3.8, 4) is 0 Å². The van der Waals surface area contributed by atoms with Gasteiger partial charge in [-0.3, -0.25) is 9.59 Å². The number of hydrogen-bond acceptors (Lipinski definition) is 5. The van der Waals surface area contributed by atoms with Crippen LogP contribution in [0.25, 0.3) is 0 Å². The molecule has 0 bridgehead atoms. The molecule has 1 saturated heterocycles. The van der Waals surface area contributed by atoms with Gasteiger partial charge in [0.15, 0.2) is 0 Å². The van der Waals surface area contributed by atoms with Gasteiger partial charge in [-0.1, -0.05) is 13.8 Å². The minimum atomic E-state index is -0.913. The van der Waals surface area contributed by atoms with Gasteiger partial charge in [-0.05, 0) is 12.3 Å². The van der Waals surface area contributed by atoms with E-state index >= 15 is 0 Å². The van der Waals surface area contributed by atoms with Crippen molar-refractivity contribution in [2.75, 3.05) is 0 Å². The molecule has 8 heteroatoms. The monoisotopic (exact) mass is 512 g/mol. The van der Waals surface area contributed by atoms with Crippen LogP contribution in [0.4, 0.5) is 0 Å². The predicted octanol–water partition coefficient (Wildman–Crippen LogP) is -0.335. The average molecular weight is 512 g/mol. The topological polar surface area (TPSA) is 92.8 Å². The quantitative estimate of drug-likeness (QED) is 0.299. The molecule has 0 spiro atoms. The van der Waals surface area contributed by atoms with Gasteiger partial charge in [-0.2, -0.15) is 6.41 Å². The fraction of sp³-hybridized carbons (Fsp3) is 0.636. The van der Waals surface area contributed by atoms with Crippen LogP contribution in [0.1, 0.15) is 33.1 Å². The van der Waals surface area contributed by atoms with Gasteiger partial charge in [-0.25, -0.2) is 4.79 Å². The first-order chi connectivity index (χ1) is 8.45. The van der Waals surface area contributed by atoms with Crippen LogP contribution in [0, 0.1) is 5.92 Å². The Balaban J connectivity index is 0.00000324. The number of carbonyl (C=O) groups excluding carboxylic acids is 4. The normalized spacial score (nSPS) is 16.1. The van der Waals surface area contributed by atoms with E-state index < -0.39 is 23.8 Å². The second kappa shape index (κ2) is 6.73. The number of amides is 3. The van der Waals surface area contributed by atoms with Crippen LogP contribution in [-0.2, 0) is 24.0 Å². The summed E-state index contributed by atoms with van der Waals surface area (Å²) in [4.78, 5) is 49.2. The number of nitrogens with zero attached hydrogens (tertiary/aromatic N) is 1. The molecule has 0 aromatic carbocycles. The van der Waals surface area contributed by atoms with Crippen LogP contribution >= 0.6 is 0 Å². The Morgan fingerprint density at radius 3 is 2.32 bits per heavy atom. The molecule has 7 nitrogen and oxygen atoms in total. The number of hydrogen-bond donors (Lipinski definition) is 1. The van der Waals surface area contributed by atoms with Crippen LogP contribution in [0.2, 0.25) is 0 Å². The fourth-order valence-electron chi connectivity index (χ4n) is 1.57. The smallest absolute Gasteiger partial charge is 0.352 e. The maximum absolute atomic E-state index is 11.7. The van der Waals surface area contributed by atoms with Crippen molar-refractivity contribution in [2.24, 2.45) is 5.92 Å². The molecular weight excluding hydrogens is 497 g/mol. The average Bonchev–Trinajstić information content (AvgIpc) is 2.59. The van der Waals surface area contributed by atoms with Gasteiger partial charge in [-0.15, -0.1) is 5.06 Å². The van der Waals surface area contributed by atoms with E-state index in [1.807, 2.05) is 13.8 Å². The van der Waals surface area contributed by atoms with E-state index in [1.165, 1.54) is 6.41 Å². The standard InChI is InChI=1S/C11H15N2O5.Fm/c1-7(2)5-8(12-6-14)11(17)18-13-9(15)3-4-10(13)16;/h7-8H,3-5H2,1-2H3,(H,12,14);/q-1;. The maximum Gasteiger partial charge on any atom is 0.352 e. The van der Waals surface area contributed by atoms with Crippen LogP contribution in [0.15, 0.2) is 0 Å². The zero-order valence-electron chi connectivity index (χ0n) is 10.6. The van der Waals surface area contributed by atoms with Crippen molar-refractivity contribution >= 4 is 24.2 Å². The molecule has 0 aromatic rings. The van der Waals surface area contributed by atoms with Gasteiger partial charge < -0.3 is 14.9 Å². The molecule has 1 heterocycles. The summed E-state index contributed by atoms with van der Waals surface area (Å²) in [6.45, 7) is 3.72. The minimum Gasteiger partial charge on any atom is -0.520 e. The summed E-state index contributed by atoms with van der Waals surface area (Å²) in [6.07, 6.45) is 1.82. The molecule has 1 unspecified atom stereocenters. The SMILES string of the molecule is CC(C)CC(N[C-]=O)C(=O)ON1C(=O)CCC1=O.[Fm]. The number of hydroxylamine groups is 2. The van der Waals surface area contributed by atoms with Gasteiger partial charge in [0.1, 0.15) is 6.04 Å². The van der Waals surface area contributed by atoms with Crippen molar-refractivity contribution < 1.29 is 24.0 Å². The van der Waals surface area contributed by atoms with Crippen molar-refractivity contribution in [3.05, 3.63) is 0 Å². The van der Waals surface area contributed by atoms with Crippen LogP contribution in [0.5, 0.6) is 0 Å². The third-order valence-electron chi connectivity index (χ3n) is 2.41. The Morgan fingerprint density at radius 2 is 1.89 bits per heavy atom. The first-order valence-corrected chi connectivity index (χ1v) is 5.66. The summed E-state index contributed by atoms with van der Waals surface area (Å²) in [5.41, 5.74) is 0. The Bertz CT molecular complexity index is 356. The third kappa shape index (κ3) is 4.10. The molecule has 1 aliphatic heterocycles. The van der Waals surface area contributed by atoms with E-state index in [0.717, 1.165) is 0 Å². The molecule has 112 valence electrons. The molecule has 1 rings (SSSR count). The number of carbonyl (C=O) groups is 3. The molecule has 3 amide bonds. The molecule has 0 aromatic heterocycles. The number of imide groups is 1. The van der Waals surface area contributed by atoms with Crippen molar-refractivity contribution in [1.82, 2.24) is 10.4 Å². The summed E-state index contributed by atoms with van der Waals surface area (Å²) in [5, 5.41) is 2.65. The fourth-order valence-corrected chi connectivity index (χ4v) is 1.57. The number of nitrogens with one attached hydrogen (secondary N) is 1. The Hall–Kier alpha value is -2.92. The zero-order valence-corrected chi connectivity index (χ0v) is 13.0. The number of rotatable bonds is 6. The van der Waals surface area contributed by atoms with Gasteiger partial charge in [0, 0.05) is 12.8 Å².